The van der Waals surface area contributed by atoms with Gasteiger partial charge in [-0.15, -0.1) is 0 Å². The number of carbonyl (C=O) groups is 2. The fourth-order valence-electron chi connectivity index (χ4n) is 1.30. The summed E-state index contributed by atoms with van der Waals surface area (Å²) in [5, 5.41) is 2.75. The Morgan fingerprint density at radius 2 is 2.00 bits per heavy atom. The molecule has 0 aromatic heterocycles. The molecule has 0 unspecified atom stereocenters. The summed E-state index contributed by atoms with van der Waals surface area (Å²) >= 11 is 5.81. The first-order chi connectivity index (χ1) is 8.69. The number of amides is 1. The zero-order chi connectivity index (χ0) is 14.6. The molecule has 0 saturated heterocycles. The number of halogens is 1. The summed E-state index contributed by atoms with van der Waals surface area (Å²) in [5.74, 6) is -0.907. The largest absolute Gasteiger partial charge is 0.459 e. The molecule has 0 heterocycles. The zero-order valence-electron chi connectivity index (χ0n) is 11.1. The maximum atomic E-state index is 11.8. The predicted octanol–water partition coefficient (Wildman–Crippen LogP) is 1.99. The van der Waals surface area contributed by atoms with Gasteiger partial charge >= 0.3 is 5.97 Å². The molecule has 1 aromatic rings. The van der Waals surface area contributed by atoms with Crippen LogP contribution in [0.25, 0.3) is 0 Å². The van der Waals surface area contributed by atoms with E-state index in [2.05, 4.69) is 5.32 Å². The Morgan fingerprint density at radius 1 is 1.37 bits per heavy atom. The fourth-order valence-corrected chi connectivity index (χ4v) is 1.48. The summed E-state index contributed by atoms with van der Waals surface area (Å²) in [7, 11) is 0. The molecule has 0 radical (unpaired) electrons. The van der Waals surface area contributed by atoms with Gasteiger partial charge in [-0.25, -0.2) is 0 Å². The van der Waals surface area contributed by atoms with Gasteiger partial charge in [-0.1, -0.05) is 11.6 Å². The number of nitrogens with two attached hydrogens (primary N) is 1. The highest BCUT2D eigenvalue weighted by molar-refractivity contribution is 6.33. The number of ether oxygens (including phenoxy) is 1. The van der Waals surface area contributed by atoms with Crippen molar-refractivity contribution >= 4 is 29.2 Å². The first kappa shape index (κ1) is 15.3. The van der Waals surface area contributed by atoms with Crippen molar-refractivity contribution in [3.8, 4) is 0 Å². The number of esters is 1. The molecule has 6 heteroatoms. The minimum absolute atomic E-state index is 0.196. The van der Waals surface area contributed by atoms with E-state index in [0.29, 0.717) is 16.3 Å². The second-order valence-electron chi connectivity index (χ2n) is 5.01. The summed E-state index contributed by atoms with van der Waals surface area (Å²) in [6.07, 6.45) is 0. The molecule has 0 aliphatic rings. The highest BCUT2D eigenvalue weighted by atomic mass is 35.5. The van der Waals surface area contributed by atoms with Gasteiger partial charge in [0, 0.05) is 5.56 Å². The van der Waals surface area contributed by atoms with Gasteiger partial charge in [-0.2, -0.15) is 0 Å². The number of carbonyl (C=O) groups excluding carboxylic acids is 2. The average molecular weight is 285 g/mol. The molecule has 1 rings (SSSR count). The molecule has 5 nitrogen and oxygen atoms in total. The lowest BCUT2D eigenvalue weighted by molar-refractivity contribution is -0.153. The molecule has 0 fully saturated rings. The smallest absolute Gasteiger partial charge is 0.325 e. The Morgan fingerprint density at radius 3 is 2.53 bits per heavy atom. The predicted molar refractivity (Wildman–Crippen MR) is 74.0 cm³/mol. The van der Waals surface area contributed by atoms with Crippen LogP contribution in [0.1, 0.15) is 31.1 Å². The van der Waals surface area contributed by atoms with Gasteiger partial charge in [0.05, 0.1) is 10.7 Å². The van der Waals surface area contributed by atoms with Gasteiger partial charge in [-0.05, 0) is 39.0 Å². The second-order valence-corrected chi connectivity index (χ2v) is 5.41. The first-order valence-electron chi connectivity index (χ1n) is 5.74. The molecular formula is C13H17ClN2O3. The Hall–Kier alpha value is -1.75. The van der Waals surface area contributed by atoms with E-state index in [4.69, 9.17) is 22.1 Å². The van der Waals surface area contributed by atoms with E-state index in [-0.39, 0.29) is 6.54 Å². The van der Waals surface area contributed by atoms with E-state index in [0.717, 1.165) is 0 Å². The van der Waals surface area contributed by atoms with Gasteiger partial charge in [0.25, 0.3) is 5.91 Å². The molecule has 0 aliphatic heterocycles. The van der Waals surface area contributed by atoms with Gasteiger partial charge in [0.1, 0.15) is 12.1 Å². The summed E-state index contributed by atoms with van der Waals surface area (Å²) in [6, 6.07) is 4.51. The van der Waals surface area contributed by atoms with Crippen LogP contribution in [-0.2, 0) is 9.53 Å². The molecular weight excluding hydrogens is 268 g/mol. The molecule has 1 amide bonds. The zero-order valence-corrected chi connectivity index (χ0v) is 11.9. The third-order valence-electron chi connectivity index (χ3n) is 2.08. The Kier molecular flexibility index (Phi) is 4.78. The number of hydrogen-bond acceptors (Lipinski definition) is 4. The molecule has 0 saturated carbocycles. The van der Waals surface area contributed by atoms with Crippen molar-refractivity contribution < 1.29 is 14.3 Å². The number of benzene rings is 1. The molecule has 0 bridgehead atoms. The maximum absolute atomic E-state index is 11.8. The SMILES string of the molecule is CC(C)(C)OC(=O)CNC(=O)c1ccc(N)c(Cl)c1. The molecule has 0 spiro atoms. The summed E-state index contributed by atoms with van der Waals surface area (Å²) in [4.78, 5) is 23.2. The van der Waals surface area contributed by atoms with Crippen molar-refractivity contribution in [3.05, 3.63) is 28.8 Å². The van der Waals surface area contributed by atoms with Gasteiger partial charge < -0.3 is 15.8 Å². The highest BCUT2D eigenvalue weighted by Gasteiger charge is 2.17. The van der Waals surface area contributed by atoms with Crippen LogP contribution < -0.4 is 11.1 Å². The van der Waals surface area contributed by atoms with Crippen molar-refractivity contribution in [3.63, 3.8) is 0 Å². The van der Waals surface area contributed by atoms with Crippen LogP contribution in [0, 0.1) is 0 Å². The fraction of sp³-hybridized carbons (Fsp3) is 0.385. The summed E-state index contributed by atoms with van der Waals surface area (Å²) in [6.45, 7) is 5.07. The van der Waals surface area contributed by atoms with Crippen molar-refractivity contribution in [1.82, 2.24) is 5.32 Å². The maximum Gasteiger partial charge on any atom is 0.325 e. The monoisotopic (exact) mass is 284 g/mol. The molecule has 0 atom stereocenters. The van der Waals surface area contributed by atoms with E-state index >= 15 is 0 Å². The van der Waals surface area contributed by atoms with Gasteiger partial charge in [0.2, 0.25) is 0 Å². The number of nitrogens with one attached hydrogen (secondary N) is 1. The third kappa shape index (κ3) is 5.18. The lowest BCUT2D eigenvalue weighted by atomic mass is 10.2. The average Bonchev–Trinajstić information content (AvgIpc) is 2.27. The number of anilines is 1. The molecule has 0 aliphatic carbocycles. The van der Waals surface area contributed by atoms with Crippen LogP contribution >= 0.6 is 11.6 Å². The van der Waals surface area contributed by atoms with E-state index in [1.165, 1.54) is 18.2 Å². The van der Waals surface area contributed by atoms with Crippen molar-refractivity contribution in [1.29, 1.82) is 0 Å². The van der Waals surface area contributed by atoms with Gasteiger partial charge in [-0.3, -0.25) is 9.59 Å². The van der Waals surface area contributed by atoms with Crippen molar-refractivity contribution in [2.24, 2.45) is 0 Å². The van der Waals surface area contributed by atoms with Gasteiger partial charge in [0.15, 0.2) is 0 Å². The minimum Gasteiger partial charge on any atom is -0.459 e. The van der Waals surface area contributed by atoms with Crippen LogP contribution in [0.4, 0.5) is 5.69 Å². The number of hydrogen-bond donors (Lipinski definition) is 2. The molecule has 19 heavy (non-hydrogen) atoms. The number of nitrogen functional groups attached to an aromatic ring is 1. The van der Waals surface area contributed by atoms with E-state index < -0.39 is 17.5 Å². The lowest BCUT2D eigenvalue weighted by Crippen LogP contribution is -2.34. The topological polar surface area (TPSA) is 81.4 Å². The molecule has 3 N–H and O–H groups in total. The van der Waals surface area contributed by atoms with E-state index in [9.17, 15) is 9.59 Å². The van der Waals surface area contributed by atoms with Crippen molar-refractivity contribution in [2.45, 2.75) is 26.4 Å². The van der Waals surface area contributed by atoms with E-state index in [1.54, 1.807) is 20.8 Å². The summed E-state index contributed by atoms with van der Waals surface area (Å²) in [5.41, 5.74) is 5.70. The number of rotatable bonds is 3. The summed E-state index contributed by atoms with van der Waals surface area (Å²) < 4.78 is 5.07. The Labute approximate surface area is 117 Å². The minimum atomic E-state index is -0.577. The second kappa shape index (κ2) is 5.93. The molecule has 104 valence electrons. The van der Waals surface area contributed by atoms with Crippen molar-refractivity contribution in [2.75, 3.05) is 12.3 Å². The van der Waals surface area contributed by atoms with Crippen LogP contribution in [0.3, 0.4) is 0 Å². The van der Waals surface area contributed by atoms with Crippen LogP contribution in [0.15, 0.2) is 18.2 Å². The first-order valence-corrected chi connectivity index (χ1v) is 6.12. The molecule has 1 aromatic carbocycles. The van der Waals surface area contributed by atoms with Crippen LogP contribution in [0.5, 0.6) is 0 Å². The normalized spacial score (nSPS) is 10.9. The Balaban J connectivity index is 2.56. The quantitative estimate of drug-likeness (QED) is 0.657. The van der Waals surface area contributed by atoms with E-state index in [1.807, 2.05) is 0 Å². The van der Waals surface area contributed by atoms with Crippen LogP contribution in [0.2, 0.25) is 5.02 Å². The van der Waals surface area contributed by atoms with Crippen LogP contribution in [-0.4, -0.2) is 24.0 Å². The Bertz CT molecular complexity index is 495. The third-order valence-corrected chi connectivity index (χ3v) is 2.40. The lowest BCUT2D eigenvalue weighted by Gasteiger charge is -2.19. The highest BCUT2D eigenvalue weighted by Crippen LogP contribution is 2.19. The standard InChI is InChI=1S/C13H17ClN2O3/c1-13(2,3)19-11(17)7-16-12(18)8-4-5-10(15)9(14)6-8/h4-6H,7,15H2,1-3H3,(H,16,18).